The Labute approximate surface area is 120 Å². The standard InChI is InChI=1S/C15H25N3O2/c1-10(2)14-16-17-15(20-14)13-9-19-8-7-18(13)11(3)12-5-4-6-12/h10-13H,4-9H2,1-3H3. The predicted octanol–water partition coefficient (Wildman–Crippen LogP) is 2.75. The fourth-order valence-electron chi connectivity index (χ4n) is 3.12. The lowest BCUT2D eigenvalue weighted by molar-refractivity contribution is -0.0554. The summed E-state index contributed by atoms with van der Waals surface area (Å²) in [6.07, 6.45) is 4.08. The fraction of sp³-hybridized carbons (Fsp3) is 0.867. The van der Waals surface area contributed by atoms with Crippen LogP contribution in [0, 0.1) is 5.92 Å². The van der Waals surface area contributed by atoms with Gasteiger partial charge in [-0.3, -0.25) is 4.90 Å². The first-order valence-electron chi connectivity index (χ1n) is 7.83. The van der Waals surface area contributed by atoms with Gasteiger partial charge in [-0.15, -0.1) is 10.2 Å². The fourth-order valence-corrected chi connectivity index (χ4v) is 3.12. The quantitative estimate of drug-likeness (QED) is 0.848. The Morgan fingerprint density at radius 2 is 2.00 bits per heavy atom. The minimum atomic E-state index is 0.124. The van der Waals surface area contributed by atoms with Crippen LogP contribution in [0.15, 0.2) is 4.42 Å². The molecule has 0 N–H and O–H groups in total. The zero-order valence-electron chi connectivity index (χ0n) is 12.7. The minimum absolute atomic E-state index is 0.124. The molecule has 0 radical (unpaired) electrons. The highest BCUT2D eigenvalue weighted by Gasteiger charge is 2.37. The van der Waals surface area contributed by atoms with Crippen molar-refractivity contribution in [2.24, 2.45) is 5.92 Å². The molecule has 1 aromatic rings. The van der Waals surface area contributed by atoms with Crippen molar-refractivity contribution in [3.05, 3.63) is 11.8 Å². The van der Waals surface area contributed by atoms with E-state index in [4.69, 9.17) is 9.15 Å². The van der Waals surface area contributed by atoms with E-state index in [-0.39, 0.29) is 12.0 Å². The molecule has 20 heavy (non-hydrogen) atoms. The van der Waals surface area contributed by atoms with Crippen molar-refractivity contribution in [1.82, 2.24) is 15.1 Å². The second-order valence-corrected chi connectivity index (χ2v) is 6.39. The van der Waals surface area contributed by atoms with Crippen molar-refractivity contribution in [2.45, 2.75) is 58.0 Å². The summed E-state index contributed by atoms with van der Waals surface area (Å²) in [5.74, 6) is 2.54. The summed E-state index contributed by atoms with van der Waals surface area (Å²) in [5, 5.41) is 8.42. The van der Waals surface area contributed by atoms with Crippen molar-refractivity contribution in [2.75, 3.05) is 19.8 Å². The molecule has 5 nitrogen and oxygen atoms in total. The van der Waals surface area contributed by atoms with Gasteiger partial charge < -0.3 is 9.15 Å². The summed E-state index contributed by atoms with van der Waals surface area (Å²) < 4.78 is 11.5. The maximum absolute atomic E-state index is 5.85. The van der Waals surface area contributed by atoms with E-state index in [0.29, 0.717) is 12.6 Å². The van der Waals surface area contributed by atoms with Crippen molar-refractivity contribution in [3.8, 4) is 0 Å². The molecular formula is C15H25N3O2. The van der Waals surface area contributed by atoms with E-state index in [0.717, 1.165) is 30.9 Å². The van der Waals surface area contributed by atoms with Crippen LogP contribution in [0.5, 0.6) is 0 Å². The molecule has 2 aliphatic rings. The molecule has 0 bridgehead atoms. The average Bonchev–Trinajstić information content (AvgIpc) is 2.86. The van der Waals surface area contributed by atoms with E-state index in [1.807, 2.05) is 0 Å². The Kier molecular flexibility index (Phi) is 4.08. The number of morpholine rings is 1. The van der Waals surface area contributed by atoms with E-state index in [1.54, 1.807) is 0 Å². The maximum Gasteiger partial charge on any atom is 0.236 e. The van der Waals surface area contributed by atoms with Crippen LogP contribution in [0.2, 0.25) is 0 Å². The largest absolute Gasteiger partial charge is 0.423 e. The van der Waals surface area contributed by atoms with Crippen molar-refractivity contribution in [1.29, 1.82) is 0 Å². The molecule has 0 aromatic carbocycles. The molecule has 1 saturated carbocycles. The topological polar surface area (TPSA) is 51.4 Å². The number of hydrogen-bond donors (Lipinski definition) is 0. The zero-order chi connectivity index (χ0) is 14.1. The molecule has 0 spiro atoms. The average molecular weight is 279 g/mol. The van der Waals surface area contributed by atoms with E-state index in [2.05, 4.69) is 35.9 Å². The van der Waals surface area contributed by atoms with Gasteiger partial charge >= 0.3 is 0 Å². The molecule has 5 heteroatoms. The lowest BCUT2D eigenvalue weighted by Crippen LogP contribution is -2.48. The molecule has 2 heterocycles. The van der Waals surface area contributed by atoms with Crippen LogP contribution in [-0.4, -0.2) is 40.9 Å². The molecule has 2 atom stereocenters. The van der Waals surface area contributed by atoms with Crippen molar-refractivity contribution < 1.29 is 9.15 Å². The molecule has 1 aliphatic carbocycles. The van der Waals surface area contributed by atoms with Crippen LogP contribution >= 0.6 is 0 Å². The monoisotopic (exact) mass is 279 g/mol. The predicted molar refractivity (Wildman–Crippen MR) is 75.5 cm³/mol. The van der Waals surface area contributed by atoms with Gasteiger partial charge in [-0.2, -0.15) is 0 Å². The number of rotatable bonds is 4. The van der Waals surface area contributed by atoms with Gasteiger partial charge in [0, 0.05) is 18.5 Å². The first-order valence-corrected chi connectivity index (χ1v) is 7.83. The smallest absolute Gasteiger partial charge is 0.236 e. The first kappa shape index (κ1) is 14.0. The molecule has 0 amide bonds. The van der Waals surface area contributed by atoms with Crippen molar-refractivity contribution >= 4 is 0 Å². The summed E-state index contributed by atoms with van der Waals surface area (Å²) in [4.78, 5) is 2.50. The normalized spacial score (nSPS) is 26.7. The van der Waals surface area contributed by atoms with Gasteiger partial charge in [-0.1, -0.05) is 20.3 Å². The zero-order valence-corrected chi connectivity index (χ0v) is 12.7. The second-order valence-electron chi connectivity index (χ2n) is 6.39. The summed E-state index contributed by atoms with van der Waals surface area (Å²) in [6, 6.07) is 0.700. The van der Waals surface area contributed by atoms with Crippen LogP contribution in [0.4, 0.5) is 0 Å². The Balaban J connectivity index is 1.76. The second kappa shape index (κ2) is 5.82. The van der Waals surface area contributed by atoms with E-state index >= 15 is 0 Å². The highest BCUT2D eigenvalue weighted by Crippen LogP contribution is 2.36. The van der Waals surface area contributed by atoms with E-state index in [9.17, 15) is 0 Å². The third-order valence-corrected chi connectivity index (χ3v) is 4.76. The van der Waals surface area contributed by atoms with Gasteiger partial charge in [0.2, 0.25) is 11.8 Å². The van der Waals surface area contributed by atoms with Gasteiger partial charge in [0.1, 0.15) is 6.04 Å². The first-order chi connectivity index (χ1) is 9.66. The molecule has 1 aromatic heterocycles. The number of hydrogen-bond acceptors (Lipinski definition) is 5. The van der Waals surface area contributed by atoms with Gasteiger partial charge in [0.15, 0.2) is 0 Å². The van der Waals surface area contributed by atoms with Crippen LogP contribution in [0.1, 0.15) is 63.8 Å². The molecule has 3 rings (SSSR count). The summed E-state index contributed by atoms with van der Waals surface area (Å²) in [6.45, 7) is 8.91. The third kappa shape index (κ3) is 2.61. The van der Waals surface area contributed by atoms with Gasteiger partial charge in [-0.05, 0) is 25.7 Å². The highest BCUT2D eigenvalue weighted by molar-refractivity contribution is 4.97. The maximum atomic E-state index is 5.85. The van der Waals surface area contributed by atoms with Crippen LogP contribution in [0.25, 0.3) is 0 Å². The number of nitrogens with zero attached hydrogens (tertiary/aromatic N) is 3. The van der Waals surface area contributed by atoms with Gasteiger partial charge in [0.25, 0.3) is 0 Å². The SMILES string of the molecule is CC(C)c1nnc(C2COCCN2C(C)C2CCC2)o1. The van der Waals surface area contributed by atoms with E-state index < -0.39 is 0 Å². The molecular weight excluding hydrogens is 254 g/mol. The Morgan fingerprint density at radius 1 is 1.20 bits per heavy atom. The molecule has 2 fully saturated rings. The number of aromatic nitrogens is 2. The van der Waals surface area contributed by atoms with Crippen LogP contribution in [-0.2, 0) is 4.74 Å². The van der Waals surface area contributed by atoms with Gasteiger partial charge in [0.05, 0.1) is 13.2 Å². The van der Waals surface area contributed by atoms with Crippen LogP contribution in [0.3, 0.4) is 0 Å². The molecule has 1 aliphatic heterocycles. The third-order valence-electron chi connectivity index (χ3n) is 4.76. The van der Waals surface area contributed by atoms with Crippen LogP contribution < -0.4 is 0 Å². The lowest BCUT2D eigenvalue weighted by Gasteiger charge is -2.43. The Bertz CT molecular complexity index is 442. The molecule has 112 valence electrons. The molecule has 2 unspecified atom stereocenters. The summed E-state index contributed by atoms with van der Waals surface area (Å²) >= 11 is 0. The van der Waals surface area contributed by atoms with Gasteiger partial charge in [-0.25, -0.2) is 0 Å². The Morgan fingerprint density at radius 3 is 2.60 bits per heavy atom. The number of ether oxygens (including phenoxy) is 1. The minimum Gasteiger partial charge on any atom is -0.423 e. The highest BCUT2D eigenvalue weighted by atomic mass is 16.5. The molecule has 1 saturated heterocycles. The van der Waals surface area contributed by atoms with Crippen molar-refractivity contribution in [3.63, 3.8) is 0 Å². The summed E-state index contributed by atoms with van der Waals surface area (Å²) in [7, 11) is 0. The lowest BCUT2D eigenvalue weighted by atomic mass is 9.79. The Hall–Kier alpha value is -0.940. The van der Waals surface area contributed by atoms with E-state index in [1.165, 1.54) is 19.3 Å². The summed E-state index contributed by atoms with van der Waals surface area (Å²) in [5.41, 5.74) is 0.